The number of nitrogens with zero attached hydrogens (tertiary/aromatic N) is 2. The molecule has 0 aromatic heterocycles. The predicted molar refractivity (Wildman–Crippen MR) is 95.0 cm³/mol. The Bertz CT molecular complexity index is 839. The quantitative estimate of drug-likeness (QED) is 0.546. The van der Waals surface area contributed by atoms with E-state index in [9.17, 15) is 32.3 Å². The molecule has 0 bridgehead atoms. The van der Waals surface area contributed by atoms with E-state index in [1.54, 1.807) is 6.92 Å². The van der Waals surface area contributed by atoms with Crippen molar-refractivity contribution in [2.24, 2.45) is 0 Å². The molecule has 0 radical (unpaired) electrons. The van der Waals surface area contributed by atoms with Crippen LogP contribution >= 0.6 is 0 Å². The number of carbonyl (C=O) groups excluding carboxylic acids is 4. The highest BCUT2D eigenvalue weighted by Crippen LogP contribution is 2.35. The largest absolute Gasteiger partial charge is 0.491 e. The molecule has 1 aliphatic rings. The fraction of sp³-hybridized carbons (Fsp3) is 0.444. The zero-order chi connectivity index (χ0) is 21.9. The number of hydrogen-bond donors (Lipinski definition) is 1. The fourth-order valence-electron chi connectivity index (χ4n) is 2.59. The maximum absolute atomic E-state index is 13.0. The lowest BCUT2D eigenvalue weighted by Gasteiger charge is -2.19. The first-order chi connectivity index (χ1) is 13.5. The van der Waals surface area contributed by atoms with Crippen molar-refractivity contribution in [3.63, 3.8) is 0 Å². The monoisotopic (exact) mass is 415 g/mol. The van der Waals surface area contributed by atoms with E-state index in [0.29, 0.717) is 22.3 Å². The fourth-order valence-corrected chi connectivity index (χ4v) is 2.59. The van der Waals surface area contributed by atoms with Crippen molar-refractivity contribution >= 4 is 29.4 Å². The van der Waals surface area contributed by atoms with Crippen molar-refractivity contribution in [2.45, 2.75) is 39.4 Å². The smallest absolute Gasteiger partial charge is 0.416 e. The zero-order valence-corrected chi connectivity index (χ0v) is 16.0. The van der Waals surface area contributed by atoms with Gasteiger partial charge in [0.25, 0.3) is 0 Å². The number of carbonyl (C=O) groups is 4. The Morgan fingerprint density at radius 2 is 1.83 bits per heavy atom. The summed E-state index contributed by atoms with van der Waals surface area (Å²) >= 11 is 0. The summed E-state index contributed by atoms with van der Waals surface area (Å²) in [6, 6.07) is 1.03. The van der Waals surface area contributed by atoms with E-state index >= 15 is 0 Å². The number of anilines is 1. The number of amides is 5. The number of imide groups is 2. The number of nitrogens with one attached hydrogen (secondary N) is 1. The minimum atomic E-state index is -4.65. The van der Waals surface area contributed by atoms with Gasteiger partial charge in [0.05, 0.1) is 17.9 Å². The van der Waals surface area contributed by atoms with Crippen LogP contribution in [0.4, 0.5) is 23.7 Å². The van der Waals surface area contributed by atoms with E-state index in [-0.39, 0.29) is 18.0 Å². The molecule has 11 heteroatoms. The first kappa shape index (κ1) is 22.2. The lowest BCUT2D eigenvalue weighted by molar-refractivity contribution is -0.144. The van der Waals surface area contributed by atoms with Crippen LogP contribution in [-0.4, -0.2) is 52.7 Å². The van der Waals surface area contributed by atoms with Crippen molar-refractivity contribution < 1.29 is 37.1 Å². The average molecular weight is 415 g/mol. The van der Waals surface area contributed by atoms with Crippen LogP contribution in [0.15, 0.2) is 18.2 Å². The third-order valence-electron chi connectivity index (χ3n) is 3.94. The Morgan fingerprint density at radius 1 is 1.17 bits per heavy atom. The molecule has 1 N–H and O–H groups in total. The van der Waals surface area contributed by atoms with Gasteiger partial charge in [0, 0.05) is 6.04 Å². The molecular formula is C18H20F3N3O5. The second-order valence-corrected chi connectivity index (χ2v) is 6.55. The highest BCUT2D eigenvalue weighted by Gasteiger charge is 2.46. The minimum Gasteiger partial charge on any atom is -0.491 e. The molecule has 0 aliphatic carbocycles. The zero-order valence-electron chi connectivity index (χ0n) is 16.0. The summed E-state index contributed by atoms with van der Waals surface area (Å²) in [6.07, 6.45) is -4.06. The number of alkyl halides is 3. The topological polar surface area (TPSA) is 96.0 Å². The Labute approximate surface area is 164 Å². The molecule has 0 spiro atoms. The molecule has 1 aromatic rings. The third kappa shape index (κ3) is 4.84. The molecule has 158 valence electrons. The average Bonchev–Trinajstić information content (AvgIpc) is 2.83. The van der Waals surface area contributed by atoms with Crippen LogP contribution in [0.5, 0.6) is 5.75 Å². The second-order valence-electron chi connectivity index (χ2n) is 6.55. The summed E-state index contributed by atoms with van der Waals surface area (Å²) in [5.41, 5.74) is -1.27. The van der Waals surface area contributed by atoms with Crippen molar-refractivity contribution in [1.82, 2.24) is 9.80 Å². The Kier molecular flexibility index (Phi) is 6.50. The van der Waals surface area contributed by atoms with E-state index in [1.807, 2.05) is 0 Å². The van der Waals surface area contributed by atoms with Gasteiger partial charge in [-0.2, -0.15) is 13.2 Å². The molecule has 1 heterocycles. The number of rotatable bonds is 7. The van der Waals surface area contributed by atoms with Crippen molar-refractivity contribution in [1.29, 1.82) is 0 Å². The van der Waals surface area contributed by atoms with E-state index in [0.717, 1.165) is 12.1 Å². The van der Waals surface area contributed by atoms with Gasteiger partial charge in [0.2, 0.25) is 5.91 Å². The first-order valence-corrected chi connectivity index (χ1v) is 8.80. The number of ether oxygens (including phenoxy) is 1. The van der Waals surface area contributed by atoms with Crippen LogP contribution in [0.1, 0.15) is 32.8 Å². The summed E-state index contributed by atoms with van der Waals surface area (Å²) < 4.78 is 44.3. The van der Waals surface area contributed by atoms with Gasteiger partial charge >= 0.3 is 24.0 Å². The Balaban J connectivity index is 2.22. The van der Waals surface area contributed by atoms with Crippen molar-refractivity contribution in [3.8, 4) is 5.75 Å². The number of hydrogen-bond acceptors (Lipinski definition) is 5. The van der Waals surface area contributed by atoms with Crippen LogP contribution < -0.4 is 10.1 Å². The van der Waals surface area contributed by atoms with Gasteiger partial charge in [-0.15, -0.1) is 0 Å². The standard InChI is InChI=1S/C18H20F3N3O5/c1-4-7-29-13-6-5-11(18(19,20)21)8-12(13)22-14(25)9-23-15(26)16(27)24(10(2)3)17(23)28/h5-6,8,10H,4,7,9H2,1-3H3,(H,22,25). The lowest BCUT2D eigenvalue weighted by Crippen LogP contribution is -2.40. The highest BCUT2D eigenvalue weighted by atomic mass is 19.4. The molecule has 0 saturated carbocycles. The van der Waals surface area contributed by atoms with Crippen LogP contribution in [0, 0.1) is 0 Å². The SMILES string of the molecule is CCCOc1ccc(C(F)(F)F)cc1NC(=O)CN1C(=O)C(=O)N(C(C)C)C1=O. The molecule has 1 saturated heterocycles. The van der Waals surface area contributed by atoms with Crippen LogP contribution in [0.3, 0.4) is 0 Å². The van der Waals surface area contributed by atoms with E-state index in [1.165, 1.54) is 13.8 Å². The van der Waals surface area contributed by atoms with Crippen LogP contribution in [-0.2, 0) is 20.6 Å². The molecule has 0 unspecified atom stereocenters. The highest BCUT2D eigenvalue weighted by molar-refractivity contribution is 6.45. The van der Waals surface area contributed by atoms with Crippen LogP contribution in [0.2, 0.25) is 0 Å². The van der Waals surface area contributed by atoms with Gasteiger partial charge in [-0.25, -0.2) is 9.69 Å². The number of halogens is 3. The molecule has 1 fully saturated rings. The Hall–Kier alpha value is -3.11. The molecule has 8 nitrogen and oxygen atoms in total. The molecule has 1 aromatic carbocycles. The number of benzene rings is 1. The maximum Gasteiger partial charge on any atom is 0.416 e. The Morgan fingerprint density at radius 3 is 2.34 bits per heavy atom. The van der Waals surface area contributed by atoms with Gasteiger partial charge in [-0.3, -0.25) is 19.3 Å². The second kappa shape index (κ2) is 8.50. The predicted octanol–water partition coefficient (Wildman–Crippen LogP) is 2.63. The van der Waals surface area contributed by atoms with Gasteiger partial charge in [-0.05, 0) is 38.5 Å². The van der Waals surface area contributed by atoms with Crippen molar-refractivity contribution in [3.05, 3.63) is 23.8 Å². The summed E-state index contributed by atoms with van der Waals surface area (Å²) in [6.45, 7) is 4.22. The molecular weight excluding hydrogens is 395 g/mol. The van der Waals surface area contributed by atoms with Crippen LogP contribution in [0.25, 0.3) is 0 Å². The van der Waals surface area contributed by atoms with Gasteiger partial charge < -0.3 is 10.1 Å². The number of urea groups is 1. The van der Waals surface area contributed by atoms with E-state index < -0.39 is 48.1 Å². The van der Waals surface area contributed by atoms with Gasteiger partial charge in [0.1, 0.15) is 12.3 Å². The summed E-state index contributed by atoms with van der Waals surface area (Å²) in [4.78, 5) is 49.5. The van der Waals surface area contributed by atoms with Gasteiger partial charge in [-0.1, -0.05) is 6.92 Å². The first-order valence-electron chi connectivity index (χ1n) is 8.80. The molecule has 0 atom stereocenters. The molecule has 29 heavy (non-hydrogen) atoms. The molecule has 1 aliphatic heterocycles. The summed E-state index contributed by atoms with van der Waals surface area (Å²) in [5, 5.41) is 2.22. The minimum absolute atomic E-state index is 0.00663. The summed E-state index contributed by atoms with van der Waals surface area (Å²) in [5.74, 6) is -3.19. The normalized spacial score (nSPS) is 14.8. The lowest BCUT2D eigenvalue weighted by atomic mass is 10.1. The maximum atomic E-state index is 13.0. The molecule has 5 amide bonds. The third-order valence-corrected chi connectivity index (χ3v) is 3.94. The summed E-state index contributed by atoms with van der Waals surface area (Å²) in [7, 11) is 0. The van der Waals surface area contributed by atoms with Gasteiger partial charge in [0.15, 0.2) is 0 Å². The van der Waals surface area contributed by atoms with E-state index in [4.69, 9.17) is 4.74 Å². The van der Waals surface area contributed by atoms with Crippen molar-refractivity contribution in [2.75, 3.05) is 18.5 Å². The van der Waals surface area contributed by atoms with E-state index in [2.05, 4.69) is 5.32 Å². The molecule has 2 rings (SSSR count).